The Bertz CT molecular complexity index is 1160. The van der Waals surface area contributed by atoms with Crippen molar-refractivity contribution in [2.45, 2.75) is 43.9 Å². The van der Waals surface area contributed by atoms with E-state index in [9.17, 15) is 18.0 Å². The number of methoxy groups -OCH3 is 1. The van der Waals surface area contributed by atoms with Crippen LogP contribution in [-0.2, 0) is 6.18 Å². The number of ether oxygens (including phenoxy) is 1. The molecule has 1 amide bonds. The number of benzene rings is 2. The number of nitrogens with zero attached hydrogens (tertiary/aromatic N) is 1. The third-order valence-electron chi connectivity index (χ3n) is 5.82. The second-order valence-corrected chi connectivity index (χ2v) is 8.55. The van der Waals surface area contributed by atoms with Crippen molar-refractivity contribution < 1.29 is 22.7 Å². The fraction of sp³-hybridized carbons (Fsp3) is 0.333. The summed E-state index contributed by atoms with van der Waals surface area (Å²) in [5.74, 6) is 0.438. The molecule has 1 aromatic heterocycles. The zero-order chi connectivity index (χ0) is 23.6. The number of aromatic nitrogens is 1. The molecule has 0 unspecified atom stereocenters. The molecule has 0 spiro atoms. The Hall–Kier alpha value is -3.00. The first-order valence-corrected chi connectivity index (χ1v) is 11.0. The Morgan fingerprint density at radius 2 is 1.79 bits per heavy atom. The predicted molar refractivity (Wildman–Crippen MR) is 122 cm³/mol. The maximum Gasteiger partial charge on any atom is 0.433 e. The molecule has 0 bridgehead atoms. The topological polar surface area (TPSA) is 63.2 Å². The van der Waals surface area contributed by atoms with Gasteiger partial charge in [-0.3, -0.25) is 4.79 Å². The van der Waals surface area contributed by atoms with Crippen LogP contribution in [0.25, 0.3) is 10.9 Å². The van der Waals surface area contributed by atoms with Gasteiger partial charge in [-0.25, -0.2) is 4.98 Å². The molecular weight excluding hydrogens is 455 g/mol. The fourth-order valence-electron chi connectivity index (χ4n) is 4.10. The molecule has 174 valence electrons. The Morgan fingerprint density at radius 3 is 2.48 bits per heavy atom. The Labute approximate surface area is 194 Å². The molecule has 5 nitrogen and oxygen atoms in total. The normalized spacial score (nSPS) is 18.7. The molecule has 3 aromatic rings. The van der Waals surface area contributed by atoms with Gasteiger partial charge in [0, 0.05) is 33.7 Å². The molecule has 2 N–H and O–H groups in total. The fourth-order valence-corrected chi connectivity index (χ4v) is 4.27. The molecular formula is C24H23ClF3N3O2. The molecule has 9 heteroatoms. The zero-order valence-corrected chi connectivity index (χ0v) is 18.6. The standard InChI is InChI=1S/C24H23ClF3N3O2/c1-33-18-4-2-3-14(11-18)23(32)30-17-8-6-16(7-9-17)29-21-13-22(24(26,27)28)31-20-10-5-15(25)12-19(20)21/h2-5,10-13,16-17H,6-9H2,1H3,(H,29,31)(H,30,32)/t16-,17+. The second kappa shape index (κ2) is 9.47. The maximum atomic E-state index is 13.3. The Morgan fingerprint density at radius 1 is 1.06 bits per heavy atom. The van der Waals surface area contributed by atoms with Gasteiger partial charge in [-0.1, -0.05) is 17.7 Å². The van der Waals surface area contributed by atoms with E-state index in [0.29, 0.717) is 53.1 Å². The van der Waals surface area contributed by atoms with Gasteiger partial charge in [-0.15, -0.1) is 0 Å². The van der Waals surface area contributed by atoms with E-state index in [1.807, 2.05) is 0 Å². The number of carbonyl (C=O) groups is 1. The van der Waals surface area contributed by atoms with E-state index in [4.69, 9.17) is 16.3 Å². The lowest BCUT2D eigenvalue weighted by Crippen LogP contribution is -2.40. The second-order valence-electron chi connectivity index (χ2n) is 8.11. The number of anilines is 1. The lowest BCUT2D eigenvalue weighted by Gasteiger charge is -2.30. The van der Waals surface area contributed by atoms with Crippen molar-refractivity contribution in [3.8, 4) is 5.75 Å². The highest BCUT2D eigenvalue weighted by atomic mass is 35.5. The molecule has 1 aliphatic rings. The average Bonchev–Trinajstić information content (AvgIpc) is 2.80. The van der Waals surface area contributed by atoms with E-state index < -0.39 is 11.9 Å². The first-order valence-electron chi connectivity index (χ1n) is 10.6. The van der Waals surface area contributed by atoms with Crippen LogP contribution < -0.4 is 15.4 Å². The van der Waals surface area contributed by atoms with Gasteiger partial charge in [0.1, 0.15) is 11.4 Å². The van der Waals surface area contributed by atoms with Gasteiger partial charge >= 0.3 is 6.18 Å². The molecule has 2 aromatic carbocycles. The highest BCUT2D eigenvalue weighted by Gasteiger charge is 2.34. The molecule has 4 rings (SSSR count). The van der Waals surface area contributed by atoms with E-state index in [2.05, 4.69) is 15.6 Å². The van der Waals surface area contributed by atoms with Crippen molar-refractivity contribution in [1.82, 2.24) is 10.3 Å². The van der Waals surface area contributed by atoms with E-state index >= 15 is 0 Å². The van der Waals surface area contributed by atoms with E-state index in [1.165, 1.54) is 12.1 Å². The largest absolute Gasteiger partial charge is 0.497 e. The van der Waals surface area contributed by atoms with Crippen LogP contribution in [0.15, 0.2) is 48.5 Å². The van der Waals surface area contributed by atoms with Crippen LogP contribution >= 0.6 is 11.6 Å². The number of hydrogen-bond donors (Lipinski definition) is 2. The molecule has 0 radical (unpaired) electrons. The molecule has 0 saturated heterocycles. The third-order valence-corrected chi connectivity index (χ3v) is 6.05. The predicted octanol–water partition coefficient (Wildman–Crippen LogP) is 6.07. The molecule has 1 heterocycles. The third kappa shape index (κ3) is 5.50. The summed E-state index contributed by atoms with van der Waals surface area (Å²) in [4.78, 5) is 16.3. The van der Waals surface area contributed by atoms with Gasteiger partial charge < -0.3 is 15.4 Å². The highest BCUT2D eigenvalue weighted by Crippen LogP contribution is 2.35. The number of alkyl halides is 3. The van der Waals surface area contributed by atoms with Crippen molar-refractivity contribution >= 4 is 34.1 Å². The Kier molecular flexibility index (Phi) is 6.65. The quantitative estimate of drug-likeness (QED) is 0.468. The van der Waals surface area contributed by atoms with Gasteiger partial charge in [0.05, 0.1) is 12.6 Å². The monoisotopic (exact) mass is 477 g/mol. The number of nitrogens with one attached hydrogen (secondary N) is 2. The van der Waals surface area contributed by atoms with Crippen molar-refractivity contribution in [2.24, 2.45) is 0 Å². The van der Waals surface area contributed by atoms with Crippen molar-refractivity contribution in [3.05, 3.63) is 64.8 Å². The Balaban J connectivity index is 1.43. The van der Waals surface area contributed by atoms with Crippen LogP contribution in [-0.4, -0.2) is 30.1 Å². The van der Waals surface area contributed by atoms with Crippen LogP contribution in [0.5, 0.6) is 5.75 Å². The van der Waals surface area contributed by atoms with Crippen LogP contribution in [0.2, 0.25) is 5.02 Å². The molecule has 1 aliphatic carbocycles. The van der Waals surface area contributed by atoms with Crippen LogP contribution in [0.4, 0.5) is 18.9 Å². The smallest absolute Gasteiger partial charge is 0.433 e. The summed E-state index contributed by atoms with van der Waals surface area (Å²) in [7, 11) is 1.54. The van der Waals surface area contributed by atoms with Gasteiger partial charge in [0.15, 0.2) is 0 Å². The molecule has 33 heavy (non-hydrogen) atoms. The van der Waals surface area contributed by atoms with Crippen molar-refractivity contribution in [2.75, 3.05) is 12.4 Å². The number of carbonyl (C=O) groups excluding carboxylic acids is 1. The minimum atomic E-state index is -4.55. The summed E-state index contributed by atoms with van der Waals surface area (Å²) in [5, 5.41) is 7.27. The van der Waals surface area contributed by atoms with Gasteiger partial charge in [0.25, 0.3) is 5.91 Å². The average molecular weight is 478 g/mol. The van der Waals surface area contributed by atoms with Crippen LogP contribution in [0.3, 0.4) is 0 Å². The minimum absolute atomic E-state index is 0.00360. The zero-order valence-electron chi connectivity index (χ0n) is 17.9. The summed E-state index contributed by atoms with van der Waals surface area (Å²) in [6.45, 7) is 0. The number of halogens is 4. The molecule has 0 aliphatic heterocycles. The summed E-state index contributed by atoms with van der Waals surface area (Å²) in [6, 6.07) is 12.6. The number of rotatable bonds is 5. The first kappa shape index (κ1) is 23.2. The summed E-state index contributed by atoms with van der Waals surface area (Å²) in [5.41, 5.74) is 0.170. The lowest BCUT2D eigenvalue weighted by atomic mass is 9.90. The van der Waals surface area contributed by atoms with Gasteiger partial charge in [-0.05, 0) is 68.1 Å². The summed E-state index contributed by atoms with van der Waals surface area (Å²) >= 11 is 6.07. The first-order chi connectivity index (χ1) is 15.7. The molecule has 0 atom stereocenters. The van der Waals surface area contributed by atoms with Crippen molar-refractivity contribution in [1.29, 1.82) is 0 Å². The van der Waals surface area contributed by atoms with E-state index in [1.54, 1.807) is 37.4 Å². The van der Waals surface area contributed by atoms with Gasteiger partial charge in [0.2, 0.25) is 0 Å². The number of amides is 1. The van der Waals surface area contributed by atoms with Gasteiger partial charge in [-0.2, -0.15) is 13.2 Å². The van der Waals surface area contributed by atoms with E-state index in [0.717, 1.165) is 6.07 Å². The van der Waals surface area contributed by atoms with E-state index in [-0.39, 0.29) is 23.5 Å². The molecule has 1 saturated carbocycles. The number of pyridine rings is 1. The SMILES string of the molecule is COc1cccc(C(=O)N[C@H]2CC[C@@H](Nc3cc(C(F)(F)F)nc4ccc(Cl)cc34)CC2)c1. The number of hydrogen-bond acceptors (Lipinski definition) is 4. The maximum absolute atomic E-state index is 13.3. The van der Waals surface area contributed by atoms with Crippen LogP contribution in [0, 0.1) is 0 Å². The lowest BCUT2D eigenvalue weighted by molar-refractivity contribution is -0.140. The van der Waals surface area contributed by atoms with Crippen LogP contribution in [0.1, 0.15) is 41.7 Å². The minimum Gasteiger partial charge on any atom is -0.497 e. The number of fused-ring (bicyclic) bond motifs is 1. The molecule has 1 fully saturated rings. The van der Waals surface area contributed by atoms with Crippen molar-refractivity contribution in [3.63, 3.8) is 0 Å². The summed E-state index contributed by atoms with van der Waals surface area (Å²) < 4.78 is 45.2. The summed E-state index contributed by atoms with van der Waals surface area (Å²) in [6.07, 6.45) is -1.72. The highest BCUT2D eigenvalue weighted by molar-refractivity contribution is 6.31.